The van der Waals surface area contributed by atoms with Crippen molar-refractivity contribution in [3.05, 3.63) is 47.0 Å². The number of allylic oxidation sites excluding steroid dienone is 2. The van der Waals surface area contributed by atoms with Crippen molar-refractivity contribution in [1.29, 1.82) is 0 Å². The lowest BCUT2D eigenvalue weighted by Crippen LogP contribution is -2.44. The van der Waals surface area contributed by atoms with Gasteiger partial charge in [0.05, 0.1) is 11.8 Å². The number of carbonyl (C=O) groups excluding carboxylic acids is 4. The fraction of sp³-hybridized carbons (Fsp3) is 0.455. The molecule has 4 rings (SSSR count). The number of Topliss-reactive ketones (excluding diaryl/α,β-unsaturated/α-hetero) is 1. The van der Waals surface area contributed by atoms with Gasteiger partial charge in [0.1, 0.15) is 6.04 Å². The summed E-state index contributed by atoms with van der Waals surface area (Å²) in [6.45, 7) is 1.08. The van der Waals surface area contributed by atoms with Crippen molar-refractivity contribution in [1.82, 2.24) is 4.90 Å². The van der Waals surface area contributed by atoms with Crippen LogP contribution >= 0.6 is 0 Å². The number of carbonyl (C=O) groups is 4. The second-order valence-electron chi connectivity index (χ2n) is 7.75. The van der Waals surface area contributed by atoms with E-state index in [2.05, 4.69) is 0 Å². The van der Waals surface area contributed by atoms with E-state index in [0.717, 1.165) is 24.2 Å². The molecule has 1 aromatic carbocycles. The molecule has 2 aliphatic carbocycles. The van der Waals surface area contributed by atoms with Crippen molar-refractivity contribution in [2.45, 2.75) is 45.1 Å². The molecule has 0 bridgehead atoms. The minimum Gasteiger partial charge on any atom is -0.456 e. The molecule has 1 fully saturated rings. The van der Waals surface area contributed by atoms with Crippen LogP contribution in [0.25, 0.3) is 0 Å². The first-order chi connectivity index (χ1) is 13.5. The SMILES string of the molecule is C[C@@H](C(=O)OCC(=O)c1ccc2c(c1)CCC2)N1C(=O)[C@H]2CC=CC[C@H]2C1=O. The molecule has 146 valence electrons. The molecule has 0 unspecified atom stereocenters. The summed E-state index contributed by atoms with van der Waals surface area (Å²) < 4.78 is 5.15. The van der Waals surface area contributed by atoms with Gasteiger partial charge in [0.2, 0.25) is 11.8 Å². The third kappa shape index (κ3) is 3.17. The smallest absolute Gasteiger partial charge is 0.329 e. The highest BCUT2D eigenvalue weighted by atomic mass is 16.5. The maximum absolute atomic E-state index is 12.6. The van der Waals surface area contributed by atoms with Gasteiger partial charge in [0.25, 0.3) is 0 Å². The molecule has 2 amide bonds. The molecule has 3 aliphatic rings. The average molecular weight is 381 g/mol. The molecule has 1 aliphatic heterocycles. The van der Waals surface area contributed by atoms with E-state index in [1.54, 1.807) is 6.07 Å². The topological polar surface area (TPSA) is 80.8 Å². The van der Waals surface area contributed by atoms with E-state index in [9.17, 15) is 19.2 Å². The van der Waals surface area contributed by atoms with Crippen molar-refractivity contribution < 1.29 is 23.9 Å². The van der Waals surface area contributed by atoms with Crippen molar-refractivity contribution in [2.75, 3.05) is 6.61 Å². The van der Waals surface area contributed by atoms with Crippen LogP contribution in [-0.4, -0.2) is 41.1 Å². The Balaban J connectivity index is 1.38. The van der Waals surface area contributed by atoms with Gasteiger partial charge in [-0.1, -0.05) is 24.3 Å². The standard InChI is InChI=1S/C22H23NO5/c1-13(23-20(25)17-7-2-3-8-18(17)21(23)26)22(27)28-12-19(24)16-10-9-14-5-4-6-15(14)11-16/h2-3,9-11,13,17-18H,4-8,12H2,1H3/t13-,17-,18+/m0/s1. The first kappa shape index (κ1) is 18.6. The molecule has 1 saturated heterocycles. The molecule has 0 spiro atoms. The van der Waals surface area contributed by atoms with Crippen molar-refractivity contribution in [2.24, 2.45) is 11.8 Å². The van der Waals surface area contributed by atoms with Gasteiger partial charge in [-0.05, 0) is 56.2 Å². The van der Waals surface area contributed by atoms with Crippen LogP contribution in [0.15, 0.2) is 30.4 Å². The van der Waals surface area contributed by atoms with Crippen molar-refractivity contribution in [3.8, 4) is 0 Å². The summed E-state index contributed by atoms with van der Waals surface area (Å²) in [5, 5.41) is 0. The van der Waals surface area contributed by atoms with Crippen LogP contribution in [0.3, 0.4) is 0 Å². The minimum absolute atomic E-state index is 0.285. The lowest BCUT2D eigenvalue weighted by Gasteiger charge is -2.21. The predicted octanol–water partition coefficient (Wildman–Crippen LogP) is 2.24. The summed E-state index contributed by atoms with van der Waals surface area (Å²) in [7, 11) is 0. The number of ketones is 1. The average Bonchev–Trinajstić information content (AvgIpc) is 3.28. The Hall–Kier alpha value is -2.76. The van der Waals surface area contributed by atoms with Gasteiger partial charge < -0.3 is 4.74 Å². The summed E-state index contributed by atoms with van der Waals surface area (Å²) in [6, 6.07) is 4.55. The first-order valence-corrected chi connectivity index (χ1v) is 9.81. The Morgan fingerprint density at radius 2 is 1.71 bits per heavy atom. The normalized spacial score (nSPS) is 24.1. The highest BCUT2D eigenvalue weighted by molar-refractivity contribution is 6.08. The number of esters is 1. The van der Waals surface area contributed by atoms with Crippen LogP contribution in [0.5, 0.6) is 0 Å². The van der Waals surface area contributed by atoms with Gasteiger partial charge in [-0.2, -0.15) is 0 Å². The van der Waals surface area contributed by atoms with E-state index in [0.29, 0.717) is 18.4 Å². The second-order valence-corrected chi connectivity index (χ2v) is 7.75. The zero-order valence-electron chi connectivity index (χ0n) is 15.8. The van der Waals surface area contributed by atoms with Crippen LogP contribution < -0.4 is 0 Å². The Labute approximate surface area is 163 Å². The van der Waals surface area contributed by atoms with E-state index < -0.39 is 18.6 Å². The van der Waals surface area contributed by atoms with Crippen LogP contribution in [0.1, 0.15) is 47.7 Å². The fourth-order valence-corrected chi connectivity index (χ4v) is 4.40. The monoisotopic (exact) mass is 381 g/mol. The first-order valence-electron chi connectivity index (χ1n) is 9.81. The molecule has 1 aromatic rings. The van der Waals surface area contributed by atoms with E-state index in [1.807, 2.05) is 24.3 Å². The summed E-state index contributed by atoms with van der Waals surface area (Å²) in [5.74, 6) is -2.45. The number of fused-ring (bicyclic) bond motifs is 2. The summed E-state index contributed by atoms with van der Waals surface area (Å²) in [6.07, 6.45) is 7.92. The molecule has 28 heavy (non-hydrogen) atoms. The van der Waals surface area contributed by atoms with E-state index in [1.165, 1.54) is 18.1 Å². The number of imide groups is 1. The van der Waals surface area contributed by atoms with Crippen LogP contribution in [0.2, 0.25) is 0 Å². The molecule has 6 heteroatoms. The lowest BCUT2D eigenvalue weighted by molar-refractivity contribution is -0.157. The van der Waals surface area contributed by atoms with Crippen LogP contribution in [0, 0.1) is 11.8 Å². The van der Waals surface area contributed by atoms with Gasteiger partial charge in [-0.15, -0.1) is 0 Å². The maximum atomic E-state index is 12.6. The third-order valence-electron chi connectivity index (χ3n) is 6.04. The molecular formula is C22H23NO5. The van der Waals surface area contributed by atoms with Gasteiger partial charge >= 0.3 is 5.97 Å². The number of rotatable bonds is 5. The van der Waals surface area contributed by atoms with Crippen LogP contribution in [0.4, 0.5) is 0 Å². The van der Waals surface area contributed by atoms with E-state index >= 15 is 0 Å². The van der Waals surface area contributed by atoms with Gasteiger partial charge in [-0.3, -0.25) is 19.3 Å². The largest absolute Gasteiger partial charge is 0.456 e. The Morgan fingerprint density at radius 3 is 2.39 bits per heavy atom. The summed E-state index contributed by atoms with van der Waals surface area (Å²) in [4.78, 5) is 50.9. The number of hydrogen-bond donors (Lipinski definition) is 0. The van der Waals surface area contributed by atoms with E-state index in [-0.39, 0.29) is 29.4 Å². The quantitative estimate of drug-likeness (QED) is 0.338. The number of hydrogen-bond acceptors (Lipinski definition) is 5. The van der Waals surface area contributed by atoms with Gasteiger partial charge in [-0.25, -0.2) is 4.79 Å². The Kier molecular flexibility index (Phi) is 4.87. The third-order valence-corrected chi connectivity index (χ3v) is 6.04. The number of ether oxygens (including phenoxy) is 1. The zero-order chi connectivity index (χ0) is 19.8. The van der Waals surface area contributed by atoms with Gasteiger partial charge in [0, 0.05) is 5.56 Å². The highest BCUT2D eigenvalue weighted by Gasteiger charge is 2.50. The molecule has 0 aromatic heterocycles. The molecular weight excluding hydrogens is 358 g/mol. The predicted molar refractivity (Wildman–Crippen MR) is 100 cm³/mol. The number of aryl methyl sites for hydroxylation is 2. The molecule has 0 N–H and O–H groups in total. The number of likely N-dealkylation sites (tertiary alicyclic amines) is 1. The Bertz CT molecular complexity index is 861. The highest BCUT2D eigenvalue weighted by Crippen LogP contribution is 2.36. The van der Waals surface area contributed by atoms with Gasteiger partial charge in [0.15, 0.2) is 12.4 Å². The fourth-order valence-electron chi connectivity index (χ4n) is 4.40. The maximum Gasteiger partial charge on any atom is 0.329 e. The molecule has 1 heterocycles. The van der Waals surface area contributed by atoms with Crippen molar-refractivity contribution >= 4 is 23.6 Å². The molecule has 0 radical (unpaired) electrons. The molecule has 6 nitrogen and oxygen atoms in total. The minimum atomic E-state index is -1.03. The Morgan fingerprint density at radius 1 is 1.07 bits per heavy atom. The van der Waals surface area contributed by atoms with Crippen LogP contribution in [-0.2, 0) is 32.0 Å². The van der Waals surface area contributed by atoms with Crippen molar-refractivity contribution in [3.63, 3.8) is 0 Å². The van der Waals surface area contributed by atoms with E-state index in [4.69, 9.17) is 4.74 Å². The zero-order valence-corrected chi connectivity index (χ0v) is 15.8. The lowest BCUT2D eigenvalue weighted by atomic mass is 9.85. The summed E-state index contributed by atoms with van der Waals surface area (Å²) >= 11 is 0. The number of nitrogens with zero attached hydrogens (tertiary/aromatic N) is 1. The summed E-state index contributed by atoms with van der Waals surface area (Å²) in [5.41, 5.74) is 2.96. The number of amides is 2. The number of benzene rings is 1. The second kappa shape index (κ2) is 7.34. The molecule has 0 saturated carbocycles. The molecule has 3 atom stereocenters.